The number of halogens is 2. The molecule has 41 heavy (non-hydrogen) atoms. The zero-order chi connectivity index (χ0) is 28.2. The minimum atomic E-state index is -2.80. The van der Waals surface area contributed by atoms with Crippen molar-refractivity contribution in [3.05, 3.63) is 66.2 Å². The number of ether oxygens (including phenoxy) is 2. The van der Waals surface area contributed by atoms with E-state index in [0.29, 0.717) is 81.4 Å². The lowest BCUT2D eigenvalue weighted by molar-refractivity contribution is -0.126. The molecule has 4 heterocycles. The van der Waals surface area contributed by atoms with Crippen LogP contribution in [0.15, 0.2) is 54.9 Å². The van der Waals surface area contributed by atoms with E-state index >= 15 is 0 Å². The highest BCUT2D eigenvalue weighted by Crippen LogP contribution is 2.32. The van der Waals surface area contributed by atoms with Crippen molar-refractivity contribution in [2.45, 2.75) is 44.8 Å². The normalized spacial score (nSPS) is 19.4. The number of fused-ring (bicyclic) bond motifs is 1. The predicted molar refractivity (Wildman–Crippen MR) is 147 cm³/mol. The van der Waals surface area contributed by atoms with Gasteiger partial charge < -0.3 is 19.7 Å². The quantitative estimate of drug-likeness (QED) is 0.339. The van der Waals surface area contributed by atoms with Crippen LogP contribution >= 0.6 is 0 Å². The van der Waals surface area contributed by atoms with Crippen LogP contribution < -0.4 is 15.0 Å². The monoisotopic (exact) mass is 563 g/mol. The van der Waals surface area contributed by atoms with Crippen LogP contribution in [0.5, 0.6) is 5.88 Å². The summed E-state index contributed by atoms with van der Waals surface area (Å²) in [6.07, 6.45) is 3.19. The summed E-state index contributed by atoms with van der Waals surface area (Å²) in [6.45, 7) is 2.64. The number of amides is 1. The van der Waals surface area contributed by atoms with E-state index in [1.54, 1.807) is 42.7 Å². The van der Waals surface area contributed by atoms with E-state index < -0.39 is 6.43 Å². The molecule has 0 spiro atoms. The zero-order valence-electron chi connectivity index (χ0n) is 22.5. The summed E-state index contributed by atoms with van der Waals surface area (Å²) in [5.41, 5.74) is 1.93. The molecular weight excluding hydrogens is 532 g/mol. The molecule has 6 rings (SSSR count). The number of hydrogen-bond donors (Lipinski definition) is 1. The first-order valence-corrected chi connectivity index (χ1v) is 13.9. The number of para-hydroxylation sites is 2. The van der Waals surface area contributed by atoms with E-state index in [2.05, 4.69) is 25.3 Å². The van der Waals surface area contributed by atoms with Gasteiger partial charge in [0.15, 0.2) is 5.82 Å². The number of imidazole rings is 1. The van der Waals surface area contributed by atoms with Crippen molar-refractivity contribution in [1.82, 2.24) is 29.8 Å². The first-order valence-electron chi connectivity index (χ1n) is 13.9. The fraction of sp³-hybridized carbons (Fsp3) is 0.414. The number of morpholine rings is 1. The van der Waals surface area contributed by atoms with Gasteiger partial charge >= 0.3 is 0 Å². The van der Waals surface area contributed by atoms with Crippen LogP contribution in [0.2, 0.25) is 0 Å². The first-order chi connectivity index (χ1) is 20.0. The van der Waals surface area contributed by atoms with Gasteiger partial charge in [0.05, 0.1) is 24.2 Å². The molecule has 0 unspecified atom stereocenters. The molecule has 1 aromatic carbocycles. The van der Waals surface area contributed by atoms with Crippen LogP contribution in [0.25, 0.3) is 16.9 Å². The van der Waals surface area contributed by atoms with E-state index in [0.717, 1.165) is 5.56 Å². The van der Waals surface area contributed by atoms with Gasteiger partial charge in [0.1, 0.15) is 11.9 Å². The lowest BCUT2D eigenvalue weighted by Gasteiger charge is -2.29. The fourth-order valence-corrected chi connectivity index (χ4v) is 5.36. The Morgan fingerprint density at radius 3 is 2.61 bits per heavy atom. The van der Waals surface area contributed by atoms with Gasteiger partial charge in [-0.3, -0.25) is 14.3 Å². The number of nitrogens with one attached hydrogen (secondary N) is 1. The molecule has 1 amide bonds. The van der Waals surface area contributed by atoms with E-state index in [9.17, 15) is 13.6 Å². The first kappa shape index (κ1) is 27.0. The van der Waals surface area contributed by atoms with Gasteiger partial charge in [-0.15, -0.1) is 0 Å². The van der Waals surface area contributed by atoms with Gasteiger partial charge in [-0.25, -0.2) is 13.8 Å². The third-order valence-electron chi connectivity index (χ3n) is 7.50. The molecule has 4 aromatic rings. The van der Waals surface area contributed by atoms with Gasteiger partial charge in [-0.05, 0) is 49.4 Å². The molecule has 0 bridgehead atoms. The van der Waals surface area contributed by atoms with Gasteiger partial charge in [0.25, 0.3) is 6.43 Å². The van der Waals surface area contributed by atoms with Gasteiger partial charge in [-0.2, -0.15) is 9.97 Å². The molecule has 12 heteroatoms. The Balaban J connectivity index is 1.21. The number of carbonyl (C=O) groups excluding carboxylic acids is 1. The number of carbonyl (C=O) groups is 1. The second-order valence-electron chi connectivity index (χ2n) is 10.2. The maximum absolute atomic E-state index is 14.1. The summed E-state index contributed by atoms with van der Waals surface area (Å²) < 4.78 is 41.4. The topological polar surface area (TPSA) is 107 Å². The molecule has 2 fully saturated rings. The number of aromatic nitrogens is 5. The summed E-state index contributed by atoms with van der Waals surface area (Å²) in [7, 11) is 0. The van der Waals surface area contributed by atoms with Crippen molar-refractivity contribution in [2.24, 2.45) is 5.92 Å². The van der Waals surface area contributed by atoms with Crippen molar-refractivity contribution in [1.29, 1.82) is 0 Å². The number of rotatable bonds is 8. The van der Waals surface area contributed by atoms with Gasteiger partial charge in [-0.1, -0.05) is 18.2 Å². The molecule has 3 aromatic heterocycles. The Morgan fingerprint density at radius 1 is 1.05 bits per heavy atom. The molecular formula is C29H31F2N7O3. The molecule has 2 aliphatic rings. The third kappa shape index (κ3) is 6.12. The maximum Gasteiger partial charge on any atom is 0.296 e. The van der Waals surface area contributed by atoms with E-state index in [4.69, 9.17) is 9.47 Å². The highest BCUT2D eigenvalue weighted by atomic mass is 19.3. The van der Waals surface area contributed by atoms with E-state index in [-0.39, 0.29) is 29.6 Å². The predicted octanol–water partition coefficient (Wildman–Crippen LogP) is 4.24. The molecule has 0 radical (unpaired) electrons. The van der Waals surface area contributed by atoms with Gasteiger partial charge in [0.2, 0.25) is 17.7 Å². The lowest BCUT2D eigenvalue weighted by Crippen LogP contribution is -2.37. The molecule has 0 atom stereocenters. The Kier molecular flexibility index (Phi) is 7.99. The van der Waals surface area contributed by atoms with Crippen LogP contribution in [-0.4, -0.2) is 62.8 Å². The molecule has 1 aliphatic carbocycles. The zero-order valence-corrected chi connectivity index (χ0v) is 22.5. The molecule has 1 saturated heterocycles. The van der Waals surface area contributed by atoms with E-state index in [1.807, 2.05) is 17.0 Å². The average molecular weight is 564 g/mol. The van der Waals surface area contributed by atoms with Crippen molar-refractivity contribution < 1.29 is 23.0 Å². The summed E-state index contributed by atoms with van der Waals surface area (Å²) in [5, 5.41) is 3.00. The van der Waals surface area contributed by atoms with Crippen molar-refractivity contribution >= 4 is 22.9 Å². The Labute approximate surface area is 235 Å². The number of anilines is 1. The molecule has 1 aliphatic heterocycles. The minimum Gasteiger partial charge on any atom is -0.474 e. The van der Waals surface area contributed by atoms with Crippen molar-refractivity contribution in [3.8, 4) is 11.7 Å². The van der Waals surface area contributed by atoms with Crippen molar-refractivity contribution in [3.63, 3.8) is 0 Å². The fourth-order valence-electron chi connectivity index (χ4n) is 5.36. The maximum atomic E-state index is 14.1. The molecule has 1 N–H and O–H groups in total. The Hall–Kier alpha value is -4.19. The van der Waals surface area contributed by atoms with Crippen LogP contribution in [0.3, 0.4) is 0 Å². The number of nitrogens with zero attached hydrogens (tertiary/aromatic N) is 6. The Bertz CT molecular complexity index is 1490. The standard InChI is InChI=1S/C29H31F2N7O3/c30-26(31)27-34-22-5-1-2-6-23(22)38(27)24-16-25(36-29(35-24)37-12-14-40-15-13-37)41-21-9-7-20(8-10-21)28(39)33-18-19-4-3-11-32-17-19/h1-6,11,16-17,20-21,26H,7-10,12-15,18H2,(H,33,39). The summed E-state index contributed by atoms with van der Waals surface area (Å²) in [4.78, 5) is 32.3. The number of alkyl halides is 2. The third-order valence-corrected chi connectivity index (χ3v) is 7.50. The Morgan fingerprint density at radius 2 is 1.85 bits per heavy atom. The highest BCUT2D eigenvalue weighted by Gasteiger charge is 2.29. The minimum absolute atomic E-state index is 0.0257. The number of hydrogen-bond acceptors (Lipinski definition) is 8. The lowest BCUT2D eigenvalue weighted by atomic mass is 9.86. The number of benzene rings is 1. The van der Waals surface area contributed by atoms with Crippen LogP contribution in [-0.2, 0) is 16.1 Å². The second-order valence-corrected chi connectivity index (χ2v) is 10.2. The highest BCUT2D eigenvalue weighted by molar-refractivity contribution is 5.79. The van der Waals surface area contributed by atoms with E-state index in [1.165, 1.54) is 4.57 Å². The average Bonchev–Trinajstić information content (AvgIpc) is 3.41. The van der Waals surface area contributed by atoms with Gasteiger partial charge in [0, 0.05) is 44.0 Å². The van der Waals surface area contributed by atoms with Crippen molar-refractivity contribution in [2.75, 3.05) is 31.2 Å². The summed E-state index contributed by atoms with van der Waals surface area (Å²) >= 11 is 0. The molecule has 214 valence electrons. The second kappa shape index (κ2) is 12.1. The van der Waals surface area contributed by atoms with Crippen LogP contribution in [0.4, 0.5) is 14.7 Å². The smallest absolute Gasteiger partial charge is 0.296 e. The SMILES string of the molecule is O=C(NCc1cccnc1)C1CCC(Oc2cc(-n3c(C(F)F)nc4ccccc43)nc(N3CCOCC3)n2)CC1. The van der Waals surface area contributed by atoms with Crippen LogP contribution in [0, 0.1) is 5.92 Å². The summed E-state index contributed by atoms with van der Waals surface area (Å²) in [6, 6.07) is 12.3. The number of pyridine rings is 1. The van der Waals surface area contributed by atoms with Crippen LogP contribution in [0.1, 0.15) is 43.5 Å². The summed E-state index contributed by atoms with van der Waals surface area (Å²) in [5.74, 6) is 0.506. The molecule has 1 saturated carbocycles. The molecule has 10 nitrogen and oxygen atoms in total. The largest absolute Gasteiger partial charge is 0.474 e.